The number of nitrogens with zero attached hydrogens (tertiary/aromatic N) is 5. The summed E-state index contributed by atoms with van der Waals surface area (Å²) in [6.07, 6.45) is 1.66. The van der Waals surface area contributed by atoms with Crippen molar-refractivity contribution in [2.45, 2.75) is 24.9 Å². The smallest absolute Gasteiger partial charge is 0.338 e. The molecule has 1 unspecified atom stereocenters. The number of hydrogen-bond donors (Lipinski definition) is 2. The lowest BCUT2D eigenvalue weighted by atomic mass is 9.95. The largest absolute Gasteiger partial charge is 0.481 e. The van der Waals surface area contributed by atoms with Crippen molar-refractivity contribution in [2.24, 2.45) is 4.99 Å². The second kappa shape index (κ2) is 12.6. The molecule has 14 heteroatoms. The number of aliphatic imine (C=N–C) groups is 1. The normalized spacial score (nSPS) is 20.9. The van der Waals surface area contributed by atoms with Crippen LogP contribution in [0, 0.1) is 5.82 Å². The van der Waals surface area contributed by atoms with E-state index in [1.54, 1.807) is 42.3 Å². The number of nitrogens with one attached hydrogen (secondary N) is 1. The Hall–Kier alpha value is -4.33. The van der Waals surface area contributed by atoms with E-state index in [-0.39, 0.29) is 22.7 Å². The van der Waals surface area contributed by atoms with E-state index in [4.69, 9.17) is 21.3 Å². The molecule has 11 nitrogen and oxygen atoms in total. The summed E-state index contributed by atoms with van der Waals surface area (Å²) in [4.78, 5) is 52.9. The highest BCUT2D eigenvalue weighted by Gasteiger charge is 2.42. The Balaban J connectivity index is 1.26. The molecule has 0 radical (unpaired) electrons. The number of benzene rings is 2. The van der Waals surface area contributed by atoms with Crippen LogP contribution < -0.4 is 10.2 Å². The number of carbonyl (C=O) groups excluding carboxylic acids is 2. The highest BCUT2D eigenvalue weighted by atomic mass is 35.5. The van der Waals surface area contributed by atoms with Crippen molar-refractivity contribution in [3.8, 4) is 0 Å². The molecule has 3 atom stereocenters. The first-order valence-corrected chi connectivity index (χ1v) is 15.5. The summed E-state index contributed by atoms with van der Waals surface area (Å²) in [5, 5.41) is 15.2. The van der Waals surface area contributed by atoms with E-state index >= 15 is 0 Å². The lowest BCUT2D eigenvalue weighted by molar-refractivity contribution is -0.138. The molecule has 6 rings (SSSR count). The lowest BCUT2D eigenvalue weighted by Gasteiger charge is -2.38. The van der Waals surface area contributed by atoms with E-state index in [9.17, 15) is 23.9 Å². The van der Waals surface area contributed by atoms with Gasteiger partial charge in [-0.15, -0.1) is 11.3 Å². The number of halogens is 2. The van der Waals surface area contributed by atoms with Crippen LogP contribution in [0.2, 0.25) is 5.02 Å². The second-order valence-electron chi connectivity index (χ2n) is 11.0. The molecule has 0 aliphatic carbocycles. The lowest BCUT2D eigenvalue weighted by Crippen LogP contribution is -2.53. The molecule has 2 saturated heterocycles. The van der Waals surface area contributed by atoms with Crippen LogP contribution in [0.3, 0.4) is 0 Å². The van der Waals surface area contributed by atoms with Gasteiger partial charge in [0, 0.05) is 66.3 Å². The Morgan fingerprint density at radius 3 is 2.64 bits per heavy atom. The van der Waals surface area contributed by atoms with Crippen molar-refractivity contribution in [3.05, 3.63) is 92.3 Å². The molecule has 4 heterocycles. The second-order valence-corrected chi connectivity index (χ2v) is 12.3. The monoisotopic (exact) mass is 652 g/mol. The number of urea groups is 1. The summed E-state index contributed by atoms with van der Waals surface area (Å²) < 4.78 is 19.2. The SMILES string of the molecule is COC(=O)C1=C(CN2CCN3C(=O)N(c4ccc([C@H](C)C(=O)O)cc4)C[C@@H]3C2)NC(c2nccs2)=NC1c1ccc(F)cc1Cl. The number of fused-ring (bicyclic) bond motifs is 1. The highest BCUT2D eigenvalue weighted by molar-refractivity contribution is 7.11. The molecular weight excluding hydrogens is 623 g/mol. The van der Waals surface area contributed by atoms with Crippen LogP contribution in [0.4, 0.5) is 14.9 Å². The van der Waals surface area contributed by atoms with Crippen molar-refractivity contribution in [1.82, 2.24) is 20.1 Å². The van der Waals surface area contributed by atoms with Crippen molar-refractivity contribution >= 4 is 52.4 Å². The molecule has 3 aromatic rings. The number of esters is 1. The quantitative estimate of drug-likeness (QED) is 0.346. The third kappa shape index (κ3) is 6.02. The molecule has 0 saturated carbocycles. The standard InChI is InChI=1S/C31H30ClFN6O5S/c1-17(29(40)41)18-3-6-20(7-4-18)39-15-21-14-37(10-11-38(21)31(39)43)16-24-25(30(42)44-2)26(22-8-5-19(33)13-23(22)32)36-27(35-24)28-34-9-12-45-28/h3-9,12-13,17,21,26H,10-11,14-16H2,1-2H3,(H,35,36)(H,40,41)/t17-,21-,26?/m0/s1. The van der Waals surface area contributed by atoms with Gasteiger partial charge in [-0.25, -0.2) is 19.0 Å². The first-order valence-electron chi connectivity index (χ1n) is 14.3. The zero-order valence-electron chi connectivity index (χ0n) is 24.4. The van der Waals surface area contributed by atoms with Crippen molar-refractivity contribution in [2.75, 3.05) is 44.7 Å². The number of amidine groups is 1. The Morgan fingerprint density at radius 2 is 1.98 bits per heavy atom. The minimum atomic E-state index is -0.910. The average Bonchev–Trinajstić information content (AvgIpc) is 3.68. The van der Waals surface area contributed by atoms with E-state index < -0.39 is 29.7 Å². The van der Waals surface area contributed by atoms with E-state index in [1.807, 2.05) is 10.3 Å². The molecule has 2 aromatic carbocycles. The summed E-state index contributed by atoms with van der Waals surface area (Å²) in [7, 11) is 1.29. The third-order valence-electron chi connectivity index (χ3n) is 8.32. The van der Waals surface area contributed by atoms with Gasteiger partial charge in [0.2, 0.25) is 0 Å². The number of hydrogen-bond acceptors (Lipinski definition) is 9. The van der Waals surface area contributed by atoms with Crippen LogP contribution in [-0.4, -0.2) is 89.6 Å². The van der Waals surface area contributed by atoms with Gasteiger partial charge in [0.25, 0.3) is 0 Å². The van der Waals surface area contributed by atoms with Gasteiger partial charge in [-0.2, -0.15) is 0 Å². The number of piperazine rings is 1. The minimum Gasteiger partial charge on any atom is -0.481 e. The summed E-state index contributed by atoms with van der Waals surface area (Å²) in [5.41, 5.74) is 2.64. The fourth-order valence-corrected chi connectivity index (χ4v) is 6.77. The number of aromatic nitrogens is 1. The number of thiazole rings is 1. The third-order valence-corrected chi connectivity index (χ3v) is 9.42. The van der Waals surface area contributed by atoms with Gasteiger partial charge in [-0.3, -0.25) is 19.6 Å². The first-order chi connectivity index (χ1) is 21.6. The number of ether oxygens (including phenoxy) is 1. The fourth-order valence-electron chi connectivity index (χ4n) is 5.91. The van der Waals surface area contributed by atoms with Crippen LogP contribution in [0.15, 0.2) is 70.3 Å². The number of aliphatic carboxylic acids is 1. The molecule has 0 bridgehead atoms. The predicted molar refractivity (Wildman–Crippen MR) is 167 cm³/mol. The topological polar surface area (TPSA) is 128 Å². The summed E-state index contributed by atoms with van der Waals surface area (Å²) in [5.74, 6) is -2.20. The van der Waals surface area contributed by atoms with Crippen LogP contribution >= 0.6 is 22.9 Å². The Bertz CT molecular complexity index is 1700. The minimum absolute atomic E-state index is 0.104. The number of amides is 2. The molecule has 2 amide bonds. The van der Waals surface area contributed by atoms with Crippen LogP contribution in [0.1, 0.15) is 35.0 Å². The predicted octanol–water partition coefficient (Wildman–Crippen LogP) is 4.27. The van der Waals surface area contributed by atoms with E-state index in [2.05, 4.69) is 15.2 Å². The van der Waals surface area contributed by atoms with E-state index in [0.717, 1.165) is 0 Å². The highest BCUT2D eigenvalue weighted by Crippen LogP contribution is 2.37. The molecular formula is C31H30ClFN6O5S. The van der Waals surface area contributed by atoms with Gasteiger partial charge in [-0.05, 0) is 36.8 Å². The zero-order valence-corrected chi connectivity index (χ0v) is 26.0. The summed E-state index contributed by atoms with van der Waals surface area (Å²) >= 11 is 7.85. The number of methoxy groups -OCH3 is 1. The molecule has 3 aliphatic heterocycles. The van der Waals surface area contributed by atoms with E-state index in [0.29, 0.717) is 66.1 Å². The molecule has 45 heavy (non-hydrogen) atoms. The maximum absolute atomic E-state index is 14.0. The zero-order chi connectivity index (χ0) is 31.8. The van der Waals surface area contributed by atoms with Crippen LogP contribution in [0.5, 0.6) is 0 Å². The Kier molecular flexibility index (Phi) is 8.58. The number of carboxylic acid groups (broad SMARTS) is 1. The van der Waals surface area contributed by atoms with Gasteiger partial charge in [0.15, 0.2) is 10.8 Å². The van der Waals surface area contributed by atoms with Crippen LogP contribution in [0.25, 0.3) is 0 Å². The summed E-state index contributed by atoms with van der Waals surface area (Å²) in [6.45, 7) is 3.98. The van der Waals surface area contributed by atoms with Gasteiger partial charge in [0.05, 0.1) is 24.6 Å². The van der Waals surface area contributed by atoms with Gasteiger partial charge >= 0.3 is 18.0 Å². The molecule has 234 valence electrons. The number of carboxylic acids is 1. The Labute approximate surface area is 267 Å². The molecule has 0 spiro atoms. The first kappa shape index (κ1) is 30.7. The maximum atomic E-state index is 14.0. The maximum Gasteiger partial charge on any atom is 0.338 e. The number of carbonyl (C=O) groups is 3. The average molecular weight is 653 g/mol. The Morgan fingerprint density at radius 1 is 1.20 bits per heavy atom. The van der Waals surface area contributed by atoms with Gasteiger partial charge in [0.1, 0.15) is 11.9 Å². The van der Waals surface area contributed by atoms with E-state index in [1.165, 1.54) is 36.6 Å². The van der Waals surface area contributed by atoms with Gasteiger partial charge < -0.3 is 20.1 Å². The van der Waals surface area contributed by atoms with Crippen molar-refractivity contribution in [3.63, 3.8) is 0 Å². The molecule has 2 fully saturated rings. The molecule has 2 N–H and O–H groups in total. The number of rotatable bonds is 8. The fraction of sp³-hybridized carbons (Fsp3) is 0.323. The number of anilines is 1. The molecule has 1 aromatic heterocycles. The van der Waals surface area contributed by atoms with Crippen molar-refractivity contribution in [1.29, 1.82) is 0 Å². The van der Waals surface area contributed by atoms with Gasteiger partial charge in [-0.1, -0.05) is 29.8 Å². The van der Waals surface area contributed by atoms with Crippen molar-refractivity contribution < 1.29 is 28.6 Å². The van der Waals surface area contributed by atoms with Crippen LogP contribution in [-0.2, 0) is 14.3 Å². The molecule has 3 aliphatic rings. The summed E-state index contributed by atoms with van der Waals surface area (Å²) in [6, 6.07) is 9.95.